The minimum Gasteiger partial charge on any atom is -0.308 e. The van der Waals surface area contributed by atoms with Crippen LogP contribution in [0.5, 0.6) is 0 Å². The van der Waals surface area contributed by atoms with Gasteiger partial charge in [-0.05, 0) is 156 Å². The molecule has 0 unspecified atom stereocenters. The highest BCUT2D eigenvalue weighted by molar-refractivity contribution is 7.99. The smallest absolute Gasteiger partial charge is 0.164 e. The molecule has 58 heavy (non-hydrogen) atoms. The van der Waals surface area contributed by atoms with Crippen LogP contribution in [0.4, 0.5) is 17.1 Å². The molecule has 6 aliphatic rings. The van der Waals surface area contributed by atoms with Crippen LogP contribution in [0.2, 0.25) is 0 Å². The molecule has 7 aromatic carbocycles. The number of hydrogen-bond donors (Lipinski definition) is 0. The van der Waals surface area contributed by atoms with E-state index in [1.165, 1.54) is 80.7 Å². The maximum atomic E-state index is 5.32. The van der Waals surface area contributed by atoms with E-state index < -0.39 is 0 Å². The van der Waals surface area contributed by atoms with Crippen molar-refractivity contribution in [2.75, 3.05) is 4.90 Å². The Kier molecular flexibility index (Phi) is 7.10. The Morgan fingerprint density at radius 1 is 0.448 bits per heavy atom. The molecule has 1 aliphatic heterocycles. The minimum absolute atomic E-state index is 0.0380. The largest absolute Gasteiger partial charge is 0.308 e. The summed E-state index contributed by atoms with van der Waals surface area (Å²) in [5.74, 6) is 5.22. The first-order valence-corrected chi connectivity index (χ1v) is 21.8. The molecule has 1 spiro atoms. The van der Waals surface area contributed by atoms with Crippen LogP contribution in [-0.2, 0) is 5.41 Å². The number of fused-ring (bicyclic) bond motifs is 6. The highest BCUT2D eigenvalue weighted by Gasteiger charge is 2.61. The third-order valence-corrected chi connectivity index (χ3v) is 15.4. The molecule has 0 amide bonds. The molecule has 4 saturated carbocycles. The predicted molar refractivity (Wildman–Crippen MR) is 236 cm³/mol. The van der Waals surface area contributed by atoms with Crippen LogP contribution >= 0.6 is 11.8 Å². The lowest BCUT2D eigenvalue weighted by Crippen LogP contribution is -2.55. The first kappa shape index (κ1) is 33.0. The summed E-state index contributed by atoms with van der Waals surface area (Å²) < 4.78 is 0. The monoisotopic (exact) mass is 764 g/mol. The van der Waals surface area contributed by atoms with Crippen LogP contribution in [0, 0.1) is 23.7 Å². The van der Waals surface area contributed by atoms with Gasteiger partial charge in [-0.1, -0.05) is 103 Å². The van der Waals surface area contributed by atoms with Gasteiger partial charge in [-0.25, -0.2) is 15.0 Å². The third-order valence-electron chi connectivity index (χ3n) is 14.3. The van der Waals surface area contributed by atoms with Gasteiger partial charge in [-0.2, -0.15) is 0 Å². The van der Waals surface area contributed by atoms with Gasteiger partial charge in [0.25, 0.3) is 0 Å². The summed E-state index contributed by atoms with van der Waals surface area (Å²) in [6.45, 7) is 0. The van der Waals surface area contributed by atoms with Crippen molar-refractivity contribution in [2.45, 2.75) is 47.3 Å². The van der Waals surface area contributed by atoms with Crippen molar-refractivity contribution >= 4 is 39.6 Å². The Morgan fingerprint density at radius 3 is 1.62 bits per heavy atom. The Bertz CT molecular complexity index is 2880. The van der Waals surface area contributed by atoms with Gasteiger partial charge in [0.15, 0.2) is 17.5 Å². The molecule has 4 bridgehead atoms. The molecule has 0 saturated heterocycles. The zero-order valence-corrected chi connectivity index (χ0v) is 32.9. The fourth-order valence-corrected chi connectivity index (χ4v) is 13.2. The second-order valence-electron chi connectivity index (χ2n) is 17.3. The van der Waals surface area contributed by atoms with Gasteiger partial charge in [0.05, 0.1) is 11.4 Å². The van der Waals surface area contributed by atoms with E-state index in [2.05, 4.69) is 157 Å². The Morgan fingerprint density at radius 2 is 0.966 bits per heavy atom. The molecule has 278 valence electrons. The fourth-order valence-electron chi connectivity index (χ4n) is 12.1. The van der Waals surface area contributed by atoms with Gasteiger partial charge in [0, 0.05) is 37.6 Å². The average molecular weight is 765 g/mol. The number of para-hydroxylation sites is 2. The zero-order valence-electron chi connectivity index (χ0n) is 32.1. The lowest BCUT2D eigenvalue weighted by Gasteiger charge is -2.61. The number of hydrogen-bond acceptors (Lipinski definition) is 5. The maximum absolute atomic E-state index is 5.32. The van der Waals surface area contributed by atoms with Crippen molar-refractivity contribution in [3.05, 3.63) is 169 Å². The van der Waals surface area contributed by atoms with Gasteiger partial charge in [0.1, 0.15) is 0 Å². The Hall–Kier alpha value is -6.04. The lowest BCUT2D eigenvalue weighted by molar-refractivity contribution is -0.0398. The Balaban J connectivity index is 0.955. The van der Waals surface area contributed by atoms with Crippen LogP contribution in [0.25, 0.3) is 56.1 Å². The standard InChI is InChI=1S/C53H40N4S/c1-2-10-34(11-3-1)50-54-51(35-18-21-41(22-19-35)57-46-14-6-8-16-48(46)58-49-17-9-7-15-47(49)57)56-52(55-50)38-20-23-42-43-29-36-12-4-5-13-37(36)30-45(43)53(44(42)31-38)39-25-32-24-33(27-39)28-40(53)26-32/h1-23,29-33,39-40H,24-28H2. The topological polar surface area (TPSA) is 41.9 Å². The Labute approximate surface area is 343 Å². The number of nitrogens with zero attached hydrogens (tertiary/aromatic N) is 4. The van der Waals surface area contributed by atoms with Crippen LogP contribution in [0.3, 0.4) is 0 Å². The van der Waals surface area contributed by atoms with E-state index in [-0.39, 0.29) is 5.41 Å². The van der Waals surface area contributed by atoms with Crippen molar-refractivity contribution < 1.29 is 0 Å². The van der Waals surface area contributed by atoms with Crippen LogP contribution in [0.1, 0.15) is 43.2 Å². The minimum atomic E-state index is 0.0380. The number of benzene rings is 7. The second kappa shape index (κ2) is 12.5. The molecule has 8 aromatic rings. The first-order chi connectivity index (χ1) is 28.7. The molecular formula is C53H40N4S. The summed E-state index contributed by atoms with van der Waals surface area (Å²) in [6, 6.07) is 57.6. The second-order valence-corrected chi connectivity index (χ2v) is 18.4. The van der Waals surface area contributed by atoms with E-state index in [1.54, 1.807) is 5.56 Å². The maximum Gasteiger partial charge on any atom is 0.164 e. The molecule has 14 rings (SSSR count). The lowest BCUT2D eigenvalue weighted by atomic mass is 9.43. The molecule has 1 aromatic heterocycles. The van der Waals surface area contributed by atoms with Crippen molar-refractivity contribution in [1.29, 1.82) is 0 Å². The quantitative estimate of drug-likeness (QED) is 0.179. The van der Waals surface area contributed by atoms with E-state index in [1.807, 2.05) is 17.8 Å². The molecule has 0 N–H and O–H groups in total. The molecule has 5 aliphatic carbocycles. The van der Waals surface area contributed by atoms with E-state index >= 15 is 0 Å². The predicted octanol–water partition coefficient (Wildman–Crippen LogP) is 13.7. The summed E-state index contributed by atoms with van der Waals surface area (Å²) in [5.41, 5.74) is 12.5. The third kappa shape index (κ3) is 4.80. The number of rotatable bonds is 4. The zero-order chi connectivity index (χ0) is 38.0. The summed E-state index contributed by atoms with van der Waals surface area (Å²) in [6.07, 6.45) is 6.83. The summed E-state index contributed by atoms with van der Waals surface area (Å²) in [4.78, 5) is 20.6. The van der Waals surface area contributed by atoms with Gasteiger partial charge in [-0.3, -0.25) is 0 Å². The van der Waals surface area contributed by atoms with E-state index in [0.717, 1.165) is 40.0 Å². The van der Waals surface area contributed by atoms with Crippen LogP contribution in [0.15, 0.2) is 168 Å². The molecule has 5 heteroatoms. The molecule has 4 nitrogen and oxygen atoms in total. The molecule has 0 radical (unpaired) electrons. The van der Waals surface area contributed by atoms with Gasteiger partial charge < -0.3 is 4.90 Å². The van der Waals surface area contributed by atoms with Gasteiger partial charge >= 0.3 is 0 Å². The average Bonchev–Trinajstić information content (AvgIpc) is 3.55. The highest BCUT2D eigenvalue weighted by atomic mass is 32.2. The van der Waals surface area contributed by atoms with Crippen molar-refractivity contribution in [2.24, 2.45) is 23.7 Å². The highest BCUT2D eigenvalue weighted by Crippen LogP contribution is 2.69. The van der Waals surface area contributed by atoms with Crippen molar-refractivity contribution in [3.63, 3.8) is 0 Å². The van der Waals surface area contributed by atoms with E-state index in [0.29, 0.717) is 23.5 Å². The number of anilines is 3. The normalized spacial score (nSPS) is 23.1. The van der Waals surface area contributed by atoms with E-state index in [4.69, 9.17) is 15.0 Å². The van der Waals surface area contributed by atoms with Crippen molar-refractivity contribution in [1.82, 2.24) is 15.0 Å². The molecular weight excluding hydrogens is 725 g/mol. The summed E-state index contributed by atoms with van der Waals surface area (Å²) in [5, 5.41) is 2.68. The molecule has 2 heterocycles. The van der Waals surface area contributed by atoms with Crippen LogP contribution < -0.4 is 4.90 Å². The van der Waals surface area contributed by atoms with E-state index in [9.17, 15) is 0 Å². The van der Waals surface area contributed by atoms with Crippen LogP contribution in [-0.4, -0.2) is 15.0 Å². The van der Waals surface area contributed by atoms with Crippen molar-refractivity contribution in [3.8, 4) is 45.3 Å². The molecule has 0 atom stereocenters. The van der Waals surface area contributed by atoms with Gasteiger partial charge in [-0.15, -0.1) is 0 Å². The first-order valence-electron chi connectivity index (χ1n) is 20.9. The van der Waals surface area contributed by atoms with Gasteiger partial charge in [0.2, 0.25) is 0 Å². The summed E-state index contributed by atoms with van der Waals surface area (Å²) >= 11 is 1.83. The molecule has 4 fully saturated rings. The summed E-state index contributed by atoms with van der Waals surface area (Å²) in [7, 11) is 0. The fraction of sp³-hybridized carbons (Fsp3) is 0.189. The number of aromatic nitrogens is 3. The SMILES string of the molecule is c1ccc(-c2nc(-c3ccc(N4c5ccccc5Sc5ccccc54)cc3)nc(-c3ccc4c(c3)C3(c5cc6ccccc6cc5-4)C4CC5CC(C4)CC3C5)n2)cc1.